The number of hydrogen-bond acceptors (Lipinski definition) is 4. The van der Waals surface area contributed by atoms with E-state index in [-0.39, 0.29) is 0 Å². The predicted octanol–water partition coefficient (Wildman–Crippen LogP) is 1.32. The number of carbonyl (C=O) groups is 1. The molecule has 0 saturated carbocycles. The second kappa shape index (κ2) is 8.47. The third-order valence-corrected chi connectivity index (χ3v) is 0.922. The smallest absolute Gasteiger partial charge is 0.489 e. The highest BCUT2D eigenvalue weighted by atomic mass is 16.8. The van der Waals surface area contributed by atoms with Crippen LogP contribution in [0.5, 0.6) is 0 Å². The molecular formula is C9H12O4. The van der Waals surface area contributed by atoms with E-state index >= 15 is 0 Å². The highest BCUT2D eigenvalue weighted by Crippen LogP contribution is 1.92. The number of ether oxygens (including phenoxy) is 3. The highest BCUT2D eigenvalue weighted by Gasteiger charge is 2.09. The first-order chi connectivity index (χ1) is 6.31. The zero-order valence-electron chi connectivity index (χ0n) is 7.49. The molecule has 0 N–H and O–H groups in total. The molecule has 0 aromatic rings. The first-order valence-electron chi connectivity index (χ1n) is 3.77. The monoisotopic (exact) mass is 184 g/mol. The molecule has 0 amide bonds. The van der Waals surface area contributed by atoms with Gasteiger partial charge in [0.15, 0.2) is 0 Å². The molecule has 0 aliphatic carbocycles. The van der Waals surface area contributed by atoms with Gasteiger partial charge in [0.05, 0.1) is 6.26 Å². The van der Waals surface area contributed by atoms with Crippen LogP contribution in [0, 0.1) is 12.3 Å². The van der Waals surface area contributed by atoms with Crippen LogP contribution < -0.4 is 0 Å². The molecule has 4 heteroatoms. The Morgan fingerprint density at radius 3 is 2.54 bits per heavy atom. The maximum absolute atomic E-state index is 9.80. The summed E-state index contributed by atoms with van der Waals surface area (Å²) in [5, 5.41) is 0. The van der Waals surface area contributed by atoms with E-state index < -0.39 is 6.16 Å². The van der Waals surface area contributed by atoms with Crippen LogP contribution >= 0.6 is 0 Å². The maximum Gasteiger partial charge on any atom is 0.508 e. The van der Waals surface area contributed by atoms with Crippen molar-refractivity contribution in [1.29, 1.82) is 0 Å². The predicted molar refractivity (Wildman–Crippen MR) is 46.9 cm³/mol. The van der Waals surface area contributed by atoms with Crippen LogP contribution in [0.4, 0.5) is 4.79 Å². The van der Waals surface area contributed by atoms with Gasteiger partial charge in [0.2, 0.25) is 0 Å². The van der Waals surface area contributed by atoms with Gasteiger partial charge in [-0.05, 0) is 6.92 Å². The van der Waals surface area contributed by atoms with Gasteiger partial charge in [0.25, 0.3) is 0 Å². The Hall–Kier alpha value is -1.63. The molecule has 0 aromatic carbocycles. The van der Waals surface area contributed by atoms with Gasteiger partial charge in [0, 0.05) is 0 Å². The summed E-state index contributed by atoms with van der Waals surface area (Å²) in [5.41, 5.74) is 0. The second-order valence-electron chi connectivity index (χ2n) is 1.93. The van der Waals surface area contributed by atoms with Crippen molar-refractivity contribution in [2.75, 3.05) is 19.8 Å². The normalized spacial score (nSPS) is 13.7. The van der Waals surface area contributed by atoms with Crippen LogP contribution in [0.2, 0.25) is 0 Å². The average Bonchev–Trinajstić information content (AvgIpc) is 2.58. The summed E-state index contributed by atoms with van der Waals surface area (Å²) >= 11 is 0. The molecule has 1 rings (SSSR count). The number of allylic oxidation sites excluding steroid dienone is 1. The zero-order chi connectivity index (χ0) is 9.94. The molecule has 72 valence electrons. The fourth-order valence-electron chi connectivity index (χ4n) is 0.484. The third-order valence-electron chi connectivity index (χ3n) is 0.922. The molecule has 0 atom stereocenters. The van der Waals surface area contributed by atoms with E-state index in [9.17, 15) is 4.79 Å². The number of cyclic esters (lactones) is 2. The minimum absolute atomic E-state index is 0.365. The fourth-order valence-corrected chi connectivity index (χ4v) is 0.484. The van der Waals surface area contributed by atoms with Gasteiger partial charge in [-0.15, -0.1) is 6.42 Å². The van der Waals surface area contributed by atoms with E-state index in [1.165, 1.54) is 0 Å². The molecule has 0 radical (unpaired) electrons. The van der Waals surface area contributed by atoms with Crippen molar-refractivity contribution in [3.05, 3.63) is 12.3 Å². The molecule has 0 unspecified atom stereocenters. The van der Waals surface area contributed by atoms with Crippen LogP contribution in [0.25, 0.3) is 0 Å². The average molecular weight is 184 g/mol. The van der Waals surface area contributed by atoms with Crippen LogP contribution in [0.3, 0.4) is 0 Å². The van der Waals surface area contributed by atoms with E-state index in [0.717, 1.165) is 0 Å². The van der Waals surface area contributed by atoms with E-state index in [2.05, 4.69) is 15.4 Å². The van der Waals surface area contributed by atoms with Gasteiger partial charge >= 0.3 is 6.16 Å². The Bertz CT molecular complexity index is 194. The van der Waals surface area contributed by atoms with E-state index in [0.29, 0.717) is 19.8 Å². The Labute approximate surface area is 77.5 Å². The molecule has 0 aromatic heterocycles. The lowest BCUT2D eigenvalue weighted by molar-refractivity contribution is 0.131. The molecule has 1 heterocycles. The van der Waals surface area contributed by atoms with Gasteiger partial charge in [0.1, 0.15) is 19.8 Å². The molecule has 4 nitrogen and oxygen atoms in total. The topological polar surface area (TPSA) is 44.8 Å². The lowest BCUT2D eigenvalue weighted by Crippen LogP contribution is -1.88. The van der Waals surface area contributed by atoms with Crippen molar-refractivity contribution < 1.29 is 19.0 Å². The van der Waals surface area contributed by atoms with Crippen molar-refractivity contribution in [1.82, 2.24) is 0 Å². The summed E-state index contributed by atoms with van der Waals surface area (Å²) < 4.78 is 13.3. The Balaban J connectivity index is 0.000000223. The van der Waals surface area contributed by atoms with Crippen LogP contribution in [-0.4, -0.2) is 26.0 Å². The largest absolute Gasteiger partial charge is 0.508 e. The zero-order valence-corrected chi connectivity index (χ0v) is 7.49. The van der Waals surface area contributed by atoms with Crippen molar-refractivity contribution in [2.24, 2.45) is 0 Å². The molecule has 0 spiro atoms. The number of hydrogen-bond donors (Lipinski definition) is 0. The van der Waals surface area contributed by atoms with Crippen LogP contribution in [0.15, 0.2) is 12.3 Å². The first-order valence-corrected chi connectivity index (χ1v) is 3.77. The SMILES string of the molecule is C#CCOC=CC.O=C1OCCO1. The lowest BCUT2D eigenvalue weighted by Gasteiger charge is -1.86. The van der Waals surface area contributed by atoms with Crippen LogP contribution in [0.1, 0.15) is 6.92 Å². The Morgan fingerprint density at radius 1 is 1.62 bits per heavy atom. The number of carbonyl (C=O) groups excluding carboxylic acids is 1. The number of terminal acetylenes is 1. The second-order valence-corrected chi connectivity index (χ2v) is 1.93. The Morgan fingerprint density at radius 2 is 2.23 bits per heavy atom. The molecule has 1 aliphatic rings. The fraction of sp³-hybridized carbons (Fsp3) is 0.444. The quantitative estimate of drug-likeness (QED) is 0.281. The van der Waals surface area contributed by atoms with Gasteiger partial charge in [-0.2, -0.15) is 0 Å². The maximum atomic E-state index is 9.80. The standard InChI is InChI=1S/C6H8O.C3H4O3/c1-3-5-7-6-4-2;4-3-5-1-2-6-3/h1,4,6H,5H2,2H3;1-2H2. The minimum Gasteiger partial charge on any atom is -0.489 e. The van der Waals surface area contributed by atoms with Gasteiger partial charge in [-0.25, -0.2) is 4.79 Å². The molecule has 0 bridgehead atoms. The number of rotatable bonds is 2. The summed E-state index contributed by atoms with van der Waals surface area (Å²) in [6.07, 6.45) is 7.67. The summed E-state index contributed by atoms with van der Waals surface area (Å²) in [4.78, 5) is 9.80. The minimum atomic E-state index is -0.546. The molecular weight excluding hydrogens is 172 g/mol. The van der Waals surface area contributed by atoms with E-state index in [1.807, 2.05) is 6.92 Å². The molecule has 1 aliphatic heterocycles. The highest BCUT2D eigenvalue weighted by molar-refractivity contribution is 5.61. The van der Waals surface area contributed by atoms with Crippen molar-refractivity contribution >= 4 is 6.16 Å². The molecule has 1 fully saturated rings. The van der Waals surface area contributed by atoms with Crippen LogP contribution in [-0.2, 0) is 14.2 Å². The van der Waals surface area contributed by atoms with Gasteiger partial charge in [-0.3, -0.25) is 0 Å². The lowest BCUT2D eigenvalue weighted by atomic mass is 10.7. The van der Waals surface area contributed by atoms with Crippen molar-refractivity contribution in [3.63, 3.8) is 0 Å². The van der Waals surface area contributed by atoms with Gasteiger partial charge < -0.3 is 14.2 Å². The summed E-state index contributed by atoms with van der Waals surface area (Å²) in [6.45, 7) is 3.07. The van der Waals surface area contributed by atoms with Gasteiger partial charge in [-0.1, -0.05) is 12.0 Å². The Kier molecular flexibility index (Phi) is 7.40. The van der Waals surface area contributed by atoms with Crippen molar-refractivity contribution in [2.45, 2.75) is 6.92 Å². The molecule has 1 saturated heterocycles. The summed E-state index contributed by atoms with van der Waals surface area (Å²) in [7, 11) is 0. The van der Waals surface area contributed by atoms with E-state index in [1.54, 1.807) is 12.3 Å². The molecule has 13 heavy (non-hydrogen) atoms. The van der Waals surface area contributed by atoms with E-state index in [4.69, 9.17) is 11.2 Å². The summed E-state index contributed by atoms with van der Waals surface area (Å²) in [6, 6.07) is 0. The summed E-state index contributed by atoms with van der Waals surface area (Å²) in [5.74, 6) is 2.33. The first kappa shape index (κ1) is 11.4. The third kappa shape index (κ3) is 8.27. The van der Waals surface area contributed by atoms with Crippen molar-refractivity contribution in [3.8, 4) is 12.3 Å².